The van der Waals surface area contributed by atoms with Crippen LogP contribution >= 0.6 is 0 Å². The highest BCUT2D eigenvalue weighted by atomic mass is 16.5. The Morgan fingerprint density at radius 2 is 0.935 bits per heavy atom. The number of phenols is 2. The van der Waals surface area contributed by atoms with Gasteiger partial charge in [0, 0.05) is 31.0 Å². The number of phenolic OH excluding ortho intramolecular Hbond substituents is 2. The number of benzene rings is 3. The fourth-order valence-corrected chi connectivity index (χ4v) is 6.24. The summed E-state index contributed by atoms with van der Waals surface area (Å²) in [5, 5.41) is 60.0. The van der Waals surface area contributed by atoms with E-state index in [2.05, 4.69) is 4.98 Å². The van der Waals surface area contributed by atoms with E-state index in [-0.39, 0.29) is 83.9 Å². The Morgan fingerprint density at radius 1 is 0.516 bits per heavy atom. The largest absolute Gasteiger partial charge is 0.507 e. The maximum Gasteiger partial charge on any atom is 0.344 e. The zero-order valence-corrected chi connectivity index (χ0v) is 35.0. The Hall–Kier alpha value is -6.65. The standard InChI is InChI=1S/C45H55N3O14/c1-3-5-13-36(44(55)56)61-29-18-20-31(34(49)25-29)41-46-42(32-21-19-30(26-35(32)50)62-37(45(57)58)14-6-4-2)48-43(47-41)33-22-17-28(59-23-11-7-9-15-39(51)52)27-38(33)60-24-12-8-10-16-40(53)54/h17-22,25-27,36-37,49-50H,3-16,23-24H2,1-2H3,(H,51,52)(H,53,54)(H,55,56)(H,57,58). The number of hydrogen-bond donors (Lipinski definition) is 6. The fraction of sp³-hybridized carbons (Fsp3) is 0.444. The number of carboxylic acid groups (broad SMARTS) is 4. The van der Waals surface area contributed by atoms with Crippen molar-refractivity contribution in [2.75, 3.05) is 13.2 Å². The molecule has 6 N–H and O–H groups in total. The summed E-state index contributed by atoms with van der Waals surface area (Å²) in [6, 6.07) is 13.4. The van der Waals surface area contributed by atoms with E-state index in [1.54, 1.807) is 18.2 Å². The molecule has 17 heteroatoms. The minimum Gasteiger partial charge on any atom is -0.507 e. The maximum atomic E-state index is 11.9. The van der Waals surface area contributed by atoms with Gasteiger partial charge < -0.3 is 49.6 Å². The van der Waals surface area contributed by atoms with Gasteiger partial charge in [-0.1, -0.05) is 26.7 Å². The predicted octanol–water partition coefficient (Wildman–Crippen LogP) is 8.38. The van der Waals surface area contributed by atoms with Crippen molar-refractivity contribution in [1.82, 2.24) is 15.0 Å². The molecule has 0 saturated carbocycles. The van der Waals surface area contributed by atoms with Crippen molar-refractivity contribution in [1.29, 1.82) is 0 Å². The molecule has 0 aliphatic carbocycles. The summed E-state index contributed by atoms with van der Waals surface area (Å²) in [6.07, 6.45) is 4.46. The molecule has 0 bridgehead atoms. The molecule has 0 saturated heterocycles. The number of carboxylic acids is 4. The summed E-state index contributed by atoms with van der Waals surface area (Å²) < 4.78 is 23.6. The van der Waals surface area contributed by atoms with E-state index in [9.17, 15) is 39.6 Å². The smallest absolute Gasteiger partial charge is 0.344 e. The summed E-state index contributed by atoms with van der Waals surface area (Å²) >= 11 is 0. The van der Waals surface area contributed by atoms with Crippen LogP contribution < -0.4 is 18.9 Å². The number of hydrogen-bond acceptors (Lipinski definition) is 13. The second-order valence-corrected chi connectivity index (χ2v) is 14.6. The van der Waals surface area contributed by atoms with Crippen LogP contribution in [0.25, 0.3) is 34.2 Å². The number of aliphatic carboxylic acids is 4. The summed E-state index contributed by atoms with van der Waals surface area (Å²) in [7, 11) is 0. The molecule has 0 radical (unpaired) electrons. The second-order valence-electron chi connectivity index (χ2n) is 14.6. The van der Waals surface area contributed by atoms with Gasteiger partial charge >= 0.3 is 23.9 Å². The zero-order chi connectivity index (χ0) is 45.0. The van der Waals surface area contributed by atoms with Crippen LogP contribution in [0, 0.1) is 0 Å². The highest BCUT2D eigenvalue weighted by Gasteiger charge is 2.24. The molecule has 17 nitrogen and oxygen atoms in total. The Labute approximate surface area is 359 Å². The van der Waals surface area contributed by atoms with E-state index in [0.29, 0.717) is 75.0 Å². The van der Waals surface area contributed by atoms with Gasteiger partial charge in [-0.25, -0.2) is 24.5 Å². The molecule has 0 spiro atoms. The van der Waals surface area contributed by atoms with Crippen molar-refractivity contribution in [3.8, 4) is 68.7 Å². The summed E-state index contributed by atoms with van der Waals surface area (Å²) in [5.74, 6) is -3.79. The molecule has 0 amide bonds. The molecule has 2 unspecified atom stereocenters. The van der Waals surface area contributed by atoms with Gasteiger partial charge in [0.25, 0.3) is 0 Å². The first-order valence-corrected chi connectivity index (χ1v) is 20.8. The molecule has 1 aromatic heterocycles. The number of rotatable bonds is 29. The lowest BCUT2D eigenvalue weighted by atomic mass is 10.1. The lowest BCUT2D eigenvalue weighted by molar-refractivity contribution is -0.146. The molecule has 2 atom stereocenters. The van der Waals surface area contributed by atoms with E-state index in [1.165, 1.54) is 36.4 Å². The molecule has 334 valence electrons. The van der Waals surface area contributed by atoms with Crippen LogP contribution in [-0.4, -0.2) is 94.9 Å². The molecular formula is C45H55N3O14. The molecule has 0 aliphatic heterocycles. The number of carbonyl (C=O) groups is 4. The van der Waals surface area contributed by atoms with Crippen molar-refractivity contribution in [2.24, 2.45) is 0 Å². The average Bonchev–Trinajstić information content (AvgIpc) is 3.23. The van der Waals surface area contributed by atoms with Crippen molar-refractivity contribution in [3.63, 3.8) is 0 Å². The monoisotopic (exact) mass is 861 g/mol. The van der Waals surface area contributed by atoms with Crippen LogP contribution in [0.3, 0.4) is 0 Å². The minimum atomic E-state index is -1.14. The average molecular weight is 862 g/mol. The molecule has 0 aliphatic rings. The number of ether oxygens (including phenoxy) is 4. The maximum absolute atomic E-state index is 11.9. The van der Waals surface area contributed by atoms with Crippen LogP contribution in [0.4, 0.5) is 0 Å². The highest BCUT2D eigenvalue weighted by molar-refractivity contribution is 5.76. The predicted molar refractivity (Wildman–Crippen MR) is 226 cm³/mol. The number of aromatic nitrogens is 3. The van der Waals surface area contributed by atoms with Gasteiger partial charge in [-0.15, -0.1) is 0 Å². The third-order valence-electron chi connectivity index (χ3n) is 9.59. The molecule has 1 heterocycles. The Balaban J connectivity index is 1.78. The van der Waals surface area contributed by atoms with Gasteiger partial charge in [-0.3, -0.25) is 9.59 Å². The first kappa shape index (κ1) is 48.0. The summed E-state index contributed by atoms with van der Waals surface area (Å²) in [4.78, 5) is 59.7. The van der Waals surface area contributed by atoms with Crippen LogP contribution in [0.2, 0.25) is 0 Å². The van der Waals surface area contributed by atoms with Gasteiger partial charge in [0.2, 0.25) is 0 Å². The number of unbranched alkanes of at least 4 members (excludes halogenated alkanes) is 6. The first-order chi connectivity index (χ1) is 29.8. The van der Waals surface area contributed by atoms with Crippen molar-refractivity contribution in [3.05, 3.63) is 54.6 Å². The quantitative estimate of drug-likeness (QED) is 0.0280. The van der Waals surface area contributed by atoms with Crippen LogP contribution in [0.1, 0.15) is 104 Å². The lowest BCUT2D eigenvalue weighted by Crippen LogP contribution is -2.26. The SMILES string of the molecule is CCCCC(Oc1ccc(-c2nc(-c3ccc(OC(CCCC)C(=O)O)cc3O)nc(-c3ccc(OCCCCCC(=O)O)cc3OCCCCCC(=O)O)n2)c(O)c1)C(=O)O. The second kappa shape index (κ2) is 24.6. The molecule has 3 aromatic carbocycles. The van der Waals surface area contributed by atoms with Crippen LogP contribution in [0.5, 0.6) is 34.5 Å². The molecular weight excluding hydrogens is 807 g/mol. The minimum absolute atomic E-state index is 0.0232. The highest BCUT2D eigenvalue weighted by Crippen LogP contribution is 2.39. The number of nitrogens with zero attached hydrogens (tertiary/aromatic N) is 3. The molecule has 4 aromatic rings. The van der Waals surface area contributed by atoms with Gasteiger partial charge in [-0.05, 0) is 101 Å². The van der Waals surface area contributed by atoms with E-state index >= 15 is 0 Å². The van der Waals surface area contributed by atoms with E-state index in [4.69, 9.17) is 39.1 Å². The Kier molecular flexibility index (Phi) is 19.0. The van der Waals surface area contributed by atoms with Crippen molar-refractivity contribution < 1.29 is 68.8 Å². The first-order valence-electron chi connectivity index (χ1n) is 20.8. The molecule has 0 fully saturated rings. The van der Waals surface area contributed by atoms with E-state index in [1.807, 2.05) is 13.8 Å². The topological polar surface area (TPSA) is 265 Å². The van der Waals surface area contributed by atoms with Crippen LogP contribution in [0.15, 0.2) is 54.6 Å². The van der Waals surface area contributed by atoms with Gasteiger partial charge in [0.1, 0.15) is 34.5 Å². The van der Waals surface area contributed by atoms with Crippen molar-refractivity contribution in [2.45, 2.75) is 116 Å². The third-order valence-corrected chi connectivity index (χ3v) is 9.59. The molecule has 4 rings (SSSR count). The molecule has 62 heavy (non-hydrogen) atoms. The summed E-state index contributed by atoms with van der Waals surface area (Å²) in [6.45, 7) is 4.37. The zero-order valence-electron chi connectivity index (χ0n) is 35.0. The number of aromatic hydroxyl groups is 2. The van der Waals surface area contributed by atoms with Gasteiger partial charge in [-0.2, -0.15) is 0 Å². The summed E-state index contributed by atoms with van der Waals surface area (Å²) in [5.41, 5.74) is 0.603. The van der Waals surface area contributed by atoms with Gasteiger partial charge in [0.05, 0.1) is 29.9 Å². The fourth-order valence-electron chi connectivity index (χ4n) is 6.24. The Morgan fingerprint density at radius 3 is 1.35 bits per heavy atom. The Bertz CT molecular complexity index is 2030. The van der Waals surface area contributed by atoms with Crippen molar-refractivity contribution >= 4 is 23.9 Å². The normalized spacial score (nSPS) is 12.0. The van der Waals surface area contributed by atoms with E-state index in [0.717, 1.165) is 12.8 Å². The van der Waals surface area contributed by atoms with Gasteiger partial charge in [0.15, 0.2) is 29.7 Å². The van der Waals surface area contributed by atoms with Crippen LogP contribution in [-0.2, 0) is 19.2 Å². The lowest BCUT2D eigenvalue weighted by Gasteiger charge is -2.17. The van der Waals surface area contributed by atoms with E-state index < -0.39 is 36.1 Å². The third kappa shape index (κ3) is 15.1.